The molecule has 1 aromatic carbocycles. The van der Waals surface area contributed by atoms with Crippen molar-refractivity contribution in [3.8, 4) is 17.1 Å². The third-order valence-electron chi connectivity index (χ3n) is 7.23. The largest absolute Gasteiger partial charge is 0.303 e. The highest BCUT2D eigenvalue weighted by Gasteiger charge is 2.53. The molecule has 1 fully saturated rings. The van der Waals surface area contributed by atoms with Crippen LogP contribution in [0.25, 0.3) is 17.1 Å². The number of rotatable bonds is 3. The van der Waals surface area contributed by atoms with Crippen molar-refractivity contribution in [3.63, 3.8) is 0 Å². The van der Waals surface area contributed by atoms with Gasteiger partial charge in [-0.2, -0.15) is 5.10 Å². The van der Waals surface area contributed by atoms with Gasteiger partial charge in [-0.15, -0.1) is 0 Å². The fourth-order valence-electron chi connectivity index (χ4n) is 5.77. The number of hydrogen-bond donors (Lipinski definition) is 0. The van der Waals surface area contributed by atoms with E-state index in [1.54, 1.807) is 4.68 Å². The van der Waals surface area contributed by atoms with Gasteiger partial charge in [0.25, 0.3) is 0 Å². The van der Waals surface area contributed by atoms with Gasteiger partial charge in [-0.25, -0.2) is 4.98 Å². The Morgan fingerprint density at radius 1 is 1.23 bits per heavy atom. The molecule has 0 bridgehead atoms. The Balaban J connectivity index is 1.74. The Morgan fingerprint density at radius 3 is 2.67 bits per heavy atom. The summed E-state index contributed by atoms with van der Waals surface area (Å²) in [5.41, 5.74) is 3.95. The number of carbonyl (C=O) groups excluding carboxylic acids is 2. The van der Waals surface area contributed by atoms with Gasteiger partial charge in [-0.3, -0.25) is 14.0 Å². The van der Waals surface area contributed by atoms with Gasteiger partial charge < -0.3 is 4.79 Å². The average molecular weight is 402 g/mol. The zero-order valence-corrected chi connectivity index (χ0v) is 17.6. The van der Waals surface area contributed by atoms with Crippen molar-refractivity contribution in [2.75, 3.05) is 0 Å². The molecule has 0 spiro atoms. The van der Waals surface area contributed by atoms with Crippen LogP contribution in [0.15, 0.2) is 42.7 Å². The van der Waals surface area contributed by atoms with Crippen molar-refractivity contribution in [3.05, 3.63) is 54.1 Å². The highest BCUT2D eigenvalue weighted by atomic mass is 16.1. The number of aryl methyl sites for hydroxylation is 1. The third-order valence-corrected chi connectivity index (χ3v) is 7.23. The molecule has 6 heteroatoms. The van der Waals surface area contributed by atoms with Gasteiger partial charge in [0, 0.05) is 36.0 Å². The molecule has 1 unspecified atom stereocenters. The Morgan fingerprint density at radius 2 is 2.00 bits per heavy atom. The monoisotopic (exact) mass is 402 g/mol. The lowest BCUT2D eigenvalue weighted by Gasteiger charge is -2.48. The molecule has 0 saturated heterocycles. The number of aromatic nitrogens is 4. The summed E-state index contributed by atoms with van der Waals surface area (Å²) >= 11 is 0. The summed E-state index contributed by atoms with van der Waals surface area (Å²) < 4.78 is 4.03. The van der Waals surface area contributed by atoms with Crippen molar-refractivity contribution in [2.45, 2.75) is 38.5 Å². The van der Waals surface area contributed by atoms with Crippen LogP contribution in [0.4, 0.5) is 0 Å². The molecule has 0 aliphatic heterocycles. The summed E-state index contributed by atoms with van der Waals surface area (Å²) in [5, 5.41) is 4.35. The normalized spacial score (nSPS) is 28.1. The molecule has 3 aromatic rings. The summed E-state index contributed by atoms with van der Waals surface area (Å²) in [5.74, 6) is 0.487. The first kappa shape index (κ1) is 19.0. The maximum atomic E-state index is 12.7. The SMILES string of the molecule is C[C@@H]1C(=O)C(C=O)C[C@]2(C)c3nc(-c4cnn(C)c4)n(-c4ccccc4)c3CC[C@@H]12. The number of para-hydroxylation sites is 1. The molecule has 2 aromatic heterocycles. The van der Waals surface area contributed by atoms with Crippen molar-refractivity contribution in [1.82, 2.24) is 19.3 Å². The summed E-state index contributed by atoms with van der Waals surface area (Å²) in [6.07, 6.45) is 6.98. The molecule has 2 aliphatic carbocycles. The number of fused-ring (bicyclic) bond motifs is 3. The van der Waals surface area contributed by atoms with Crippen molar-refractivity contribution < 1.29 is 9.59 Å². The molecule has 4 atom stereocenters. The second kappa shape index (κ2) is 6.76. The van der Waals surface area contributed by atoms with E-state index in [1.807, 2.05) is 44.6 Å². The quantitative estimate of drug-likeness (QED) is 0.497. The molecule has 0 amide bonds. The molecule has 5 rings (SSSR count). The van der Waals surface area contributed by atoms with E-state index in [9.17, 15) is 9.59 Å². The third kappa shape index (κ3) is 2.62. The van der Waals surface area contributed by atoms with E-state index in [-0.39, 0.29) is 23.0 Å². The fraction of sp³-hybridized carbons (Fsp3) is 0.417. The van der Waals surface area contributed by atoms with Crippen LogP contribution in [0.2, 0.25) is 0 Å². The van der Waals surface area contributed by atoms with Crippen LogP contribution >= 0.6 is 0 Å². The number of aldehydes is 1. The lowest BCUT2D eigenvalue weighted by molar-refractivity contribution is -0.137. The van der Waals surface area contributed by atoms with Crippen LogP contribution in [-0.2, 0) is 28.5 Å². The minimum absolute atomic E-state index is 0.0888. The topological polar surface area (TPSA) is 69.8 Å². The molecular weight excluding hydrogens is 376 g/mol. The predicted octanol–water partition coefficient (Wildman–Crippen LogP) is 3.52. The number of carbonyl (C=O) groups is 2. The average Bonchev–Trinajstić information content (AvgIpc) is 3.35. The van der Waals surface area contributed by atoms with Crippen molar-refractivity contribution in [1.29, 1.82) is 0 Å². The number of Topliss-reactive ketones (excluding diaryl/α,β-unsaturated/α-hetero) is 1. The number of hydrogen-bond acceptors (Lipinski definition) is 4. The molecule has 0 N–H and O–H groups in total. The second-order valence-corrected chi connectivity index (χ2v) is 9.00. The maximum Gasteiger partial charge on any atom is 0.148 e. The molecule has 154 valence electrons. The number of imidazole rings is 1. The lowest BCUT2D eigenvalue weighted by Crippen LogP contribution is -2.51. The van der Waals surface area contributed by atoms with Crippen molar-refractivity contribution in [2.24, 2.45) is 24.8 Å². The zero-order chi connectivity index (χ0) is 21.0. The summed E-state index contributed by atoms with van der Waals surface area (Å²) in [4.78, 5) is 29.6. The Kier molecular flexibility index (Phi) is 4.27. The lowest BCUT2D eigenvalue weighted by atomic mass is 9.54. The highest BCUT2D eigenvalue weighted by molar-refractivity contribution is 5.96. The molecule has 1 saturated carbocycles. The summed E-state index contributed by atoms with van der Waals surface area (Å²) in [6.45, 7) is 4.19. The molecule has 6 nitrogen and oxygen atoms in total. The van der Waals surface area contributed by atoms with Gasteiger partial charge >= 0.3 is 0 Å². The van der Waals surface area contributed by atoms with Gasteiger partial charge in [0.2, 0.25) is 0 Å². The standard InChI is InChI=1S/C24H26N4O2/c1-15-19-9-10-20-22(24(19,2)11-16(14-29)21(15)30)26-23(17-12-25-27(3)13-17)28(20)18-7-5-4-6-8-18/h4-8,12-16,19H,9-11H2,1-3H3/t15-,16?,19-,24-/m0/s1. The van der Waals surface area contributed by atoms with Crippen LogP contribution in [0.1, 0.15) is 38.1 Å². The Labute approximate surface area is 175 Å². The molecule has 30 heavy (non-hydrogen) atoms. The number of benzene rings is 1. The fourth-order valence-corrected chi connectivity index (χ4v) is 5.77. The van der Waals surface area contributed by atoms with Gasteiger partial charge in [-0.05, 0) is 37.3 Å². The van der Waals surface area contributed by atoms with Crippen LogP contribution in [-0.4, -0.2) is 31.4 Å². The Hall–Kier alpha value is -3.02. The zero-order valence-electron chi connectivity index (χ0n) is 17.6. The van der Waals surface area contributed by atoms with Crippen LogP contribution < -0.4 is 0 Å². The minimum Gasteiger partial charge on any atom is -0.303 e. The molecule has 2 aliphatic rings. The van der Waals surface area contributed by atoms with Crippen LogP contribution in [0.3, 0.4) is 0 Å². The van der Waals surface area contributed by atoms with E-state index in [1.165, 1.54) is 5.69 Å². The summed E-state index contributed by atoms with van der Waals surface area (Å²) in [6, 6.07) is 10.3. The summed E-state index contributed by atoms with van der Waals surface area (Å²) in [7, 11) is 1.90. The number of ketones is 1. The van der Waals surface area contributed by atoms with Gasteiger partial charge in [-0.1, -0.05) is 32.0 Å². The first-order valence-electron chi connectivity index (χ1n) is 10.6. The minimum atomic E-state index is -0.545. The second-order valence-electron chi connectivity index (χ2n) is 9.00. The molecule has 0 radical (unpaired) electrons. The van der Waals surface area contributed by atoms with Gasteiger partial charge in [0.05, 0.1) is 23.4 Å². The first-order chi connectivity index (χ1) is 14.4. The smallest absolute Gasteiger partial charge is 0.148 e. The van der Waals surface area contributed by atoms with E-state index >= 15 is 0 Å². The van der Waals surface area contributed by atoms with E-state index < -0.39 is 5.92 Å². The van der Waals surface area contributed by atoms with Crippen LogP contribution in [0.5, 0.6) is 0 Å². The van der Waals surface area contributed by atoms with Crippen molar-refractivity contribution >= 4 is 12.1 Å². The first-order valence-corrected chi connectivity index (χ1v) is 10.6. The van der Waals surface area contributed by atoms with Gasteiger partial charge in [0.1, 0.15) is 17.9 Å². The highest BCUT2D eigenvalue weighted by Crippen LogP contribution is 2.53. The maximum absolute atomic E-state index is 12.7. The van der Waals surface area contributed by atoms with Crippen LogP contribution in [0, 0.1) is 17.8 Å². The predicted molar refractivity (Wildman–Crippen MR) is 113 cm³/mol. The van der Waals surface area contributed by atoms with E-state index in [4.69, 9.17) is 4.98 Å². The van der Waals surface area contributed by atoms with E-state index in [0.717, 1.165) is 41.9 Å². The Bertz CT molecular complexity index is 1130. The number of nitrogens with zero attached hydrogens (tertiary/aromatic N) is 4. The molecule has 2 heterocycles. The molecular formula is C24H26N4O2. The van der Waals surface area contributed by atoms with E-state index in [0.29, 0.717) is 6.42 Å². The van der Waals surface area contributed by atoms with E-state index in [2.05, 4.69) is 28.7 Å². The van der Waals surface area contributed by atoms with Gasteiger partial charge in [0.15, 0.2) is 0 Å².